The molecule has 0 spiro atoms. The lowest BCUT2D eigenvalue weighted by Gasteiger charge is -2.20. The number of para-hydroxylation sites is 1. The van der Waals surface area contributed by atoms with Crippen molar-refractivity contribution in [3.63, 3.8) is 0 Å². The first kappa shape index (κ1) is 11.7. The van der Waals surface area contributed by atoms with Gasteiger partial charge in [-0.1, -0.05) is 28.1 Å². The summed E-state index contributed by atoms with van der Waals surface area (Å²) in [5.74, 6) is 1.02. The maximum Gasteiger partial charge on any atom is 0.141 e. The molecule has 0 radical (unpaired) electrons. The van der Waals surface area contributed by atoms with Crippen LogP contribution in [0.5, 0.6) is 11.5 Å². The molecule has 0 unspecified atom stereocenters. The van der Waals surface area contributed by atoms with Crippen LogP contribution in [-0.4, -0.2) is 10.1 Å². The molecule has 1 aromatic heterocycles. The van der Waals surface area contributed by atoms with Crippen LogP contribution < -0.4 is 4.74 Å². The second kappa shape index (κ2) is 4.21. The van der Waals surface area contributed by atoms with E-state index in [-0.39, 0.29) is 5.75 Å². The van der Waals surface area contributed by atoms with Crippen LogP contribution in [-0.2, 0) is 6.61 Å². The van der Waals surface area contributed by atoms with Crippen LogP contribution >= 0.6 is 15.9 Å². The third-order valence-electron chi connectivity index (χ3n) is 3.48. The van der Waals surface area contributed by atoms with Gasteiger partial charge in [0.2, 0.25) is 0 Å². The molecule has 1 aliphatic heterocycles. The lowest BCUT2D eigenvalue weighted by molar-refractivity contribution is 0.301. The Bertz CT molecular complexity index is 845. The van der Waals surface area contributed by atoms with Crippen LogP contribution in [0.2, 0.25) is 0 Å². The topological polar surface area (TPSA) is 42.4 Å². The number of aromatic hydroxyl groups is 1. The number of nitrogens with zero attached hydrogens (tertiary/aromatic N) is 1. The number of aromatic nitrogens is 1. The Labute approximate surface area is 124 Å². The lowest BCUT2D eigenvalue weighted by Crippen LogP contribution is -2.07. The van der Waals surface area contributed by atoms with E-state index in [1.165, 1.54) is 0 Å². The summed E-state index contributed by atoms with van der Waals surface area (Å²) < 4.78 is 6.74. The maximum atomic E-state index is 9.97. The van der Waals surface area contributed by atoms with Gasteiger partial charge in [-0.05, 0) is 30.3 Å². The van der Waals surface area contributed by atoms with Gasteiger partial charge in [-0.2, -0.15) is 0 Å². The van der Waals surface area contributed by atoms with Gasteiger partial charge in [0.15, 0.2) is 0 Å². The van der Waals surface area contributed by atoms with E-state index in [4.69, 9.17) is 4.74 Å². The van der Waals surface area contributed by atoms with Crippen LogP contribution in [0.4, 0.5) is 0 Å². The number of phenolic OH excluding ortho intramolecular Hbond substituents is 1. The van der Waals surface area contributed by atoms with E-state index in [1.54, 1.807) is 6.07 Å². The summed E-state index contributed by atoms with van der Waals surface area (Å²) in [5, 5.41) is 10.9. The number of rotatable bonds is 0. The molecular weight excluding hydrogens is 318 g/mol. The lowest BCUT2D eigenvalue weighted by atomic mass is 10.0. The molecule has 0 atom stereocenters. The van der Waals surface area contributed by atoms with Crippen molar-refractivity contribution in [3.05, 3.63) is 52.5 Å². The largest absolute Gasteiger partial charge is 0.506 e. The highest BCUT2D eigenvalue weighted by Gasteiger charge is 2.20. The van der Waals surface area contributed by atoms with Crippen molar-refractivity contribution in [2.45, 2.75) is 6.61 Å². The van der Waals surface area contributed by atoms with Crippen LogP contribution in [0, 0.1) is 0 Å². The highest BCUT2D eigenvalue weighted by atomic mass is 79.9. The summed E-state index contributed by atoms with van der Waals surface area (Å²) in [6.45, 7) is 0.503. The number of phenols is 1. The molecule has 1 aliphatic rings. The third-order valence-corrected chi connectivity index (χ3v) is 3.98. The molecule has 4 heteroatoms. The minimum absolute atomic E-state index is 0.202. The van der Waals surface area contributed by atoms with Crippen molar-refractivity contribution < 1.29 is 9.84 Å². The minimum Gasteiger partial charge on any atom is -0.506 e. The van der Waals surface area contributed by atoms with Gasteiger partial charge in [0.05, 0.1) is 5.69 Å². The van der Waals surface area contributed by atoms with Gasteiger partial charge in [0.1, 0.15) is 23.6 Å². The molecule has 0 bridgehead atoms. The van der Waals surface area contributed by atoms with E-state index in [2.05, 4.69) is 20.9 Å². The van der Waals surface area contributed by atoms with E-state index in [0.717, 1.165) is 32.4 Å². The van der Waals surface area contributed by atoms with Crippen LogP contribution in [0.25, 0.3) is 22.2 Å². The number of benzene rings is 2. The molecule has 0 saturated carbocycles. The van der Waals surface area contributed by atoms with Crippen molar-refractivity contribution in [1.29, 1.82) is 0 Å². The molecule has 0 saturated heterocycles. The fourth-order valence-electron chi connectivity index (χ4n) is 2.54. The first-order valence-electron chi connectivity index (χ1n) is 6.27. The van der Waals surface area contributed by atoms with Gasteiger partial charge in [-0.25, -0.2) is 4.98 Å². The number of hydrogen-bond donors (Lipinski definition) is 1. The predicted molar refractivity (Wildman–Crippen MR) is 80.9 cm³/mol. The highest BCUT2D eigenvalue weighted by Crippen LogP contribution is 2.39. The van der Waals surface area contributed by atoms with Gasteiger partial charge >= 0.3 is 0 Å². The molecule has 98 valence electrons. The van der Waals surface area contributed by atoms with E-state index < -0.39 is 0 Å². The summed E-state index contributed by atoms with van der Waals surface area (Å²) in [7, 11) is 0. The number of pyridine rings is 1. The Hall–Kier alpha value is -2.07. The SMILES string of the molecule is Oc1cccc2cc3c(nc12)-c1cc(Br)ccc1OC3. The zero-order valence-corrected chi connectivity index (χ0v) is 12.0. The van der Waals surface area contributed by atoms with E-state index in [1.807, 2.05) is 36.4 Å². The number of ether oxygens (including phenoxy) is 1. The normalized spacial score (nSPS) is 12.7. The second-order valence-electron chi connectivity index (χ2n) is 4.77. The molecule has 4 rings (SSSR count). The summed E-state index contributed by atoms with van der Waals surface area (Å²) in [6.07, 6.45) is 0. The third kappa shape index (κ3) is 1.68. The fourth-order valence-corrected chi connectivity index (χ4v) is 2.90. The number of fused-ring (bicyclic) bond motifs is 4. The summed E-state index contributed by atoms with van der Waals surface area (Å²) in [4.78, 5) is 4.65. The molecule has 2 heterocycles. The van der Waals surface area contributed by atoms with E-state index in [9.17, 15) is 5.11 Å². The Morgan fingerprint density at radius 2 is 2.05 bits per heavy atom. The molecule has 0 amide bonds. The molecule has 3 aromatic rings. The molecule has 0 fully saturated rings. The first-order chi connectivity index (χ1) is 9.72. The Balaban J connectivity index is 2.06. The summed E-state index contributed by atoms with van der Waals surface area (Å²) in [6, 6.07) is 13.3. The maximum absolute atomic E-state index is 9.97. The Kier molecular flexibility index (Phi) is 2.47. The zero-order chi connectivity index (χ0) is 13.7. The molecule has 20 heavy (non-hydrogen) atoms. The zero-order valence-electron chi connectivity index (χ0n) is 10.4. The van der Waals surface area contributed by atoms with Crippen LogP contribution in [0.3, 0.4) is 0 Å². The van der Waals surface area contributed by atoms with Gasteiger partial charge < -0.3 is 9.84 Å². The van der Waals surface area contributed by atoms with E-state index >= 15 is 0 Å². The van der Waals surface area contributed by atoms with Gasteiger partial charge in [0, 0.05) is 21.0 Å². The second-order valence-corrected chi connectivity index (χ2v) is 5.69. The van der Waals surface area contributed by atoms with Gasteiger partial charge in [0.25, 0.3) is 0 Å². The standard InChI is InChI=1S/C16H10BrNO2/c17-11-4-5-14-12(7-11)15-10(8-20-14)6-9-2-1-3-13(19)16(9)18-15/h1-7,19H,8H2. The van der Waals surface area contributed by atoms with Crippen molar-refractivity contribution in [1.82, 2.24) is 4.98 Å². The smallest absolute Gasteiger partial charge is 0.141 e. The fraction of sp³-hybridized carbons (Fsp3) is 0.0625. The van der Waals surface area contributed by atoms with Crippen molar-refractivity contribution in [2.75, 3.05) is 0 Å². The van der Waals surface area contributed by atoms with Crippen LogP contribution in [0.1, 0.15) is 5.56 Å². The molecule has 0 aliphatic carbocycles. The van der Waals surface area contributed by atoms with Crippen molar-refractivity contribution in [3.8, 4) is 22.8 Å². The van der Waals surface area contributed by atoms with E-state index in [0.29, 0.717) is 12.1 Å². The molecular formula is C16H10BrNO2. The molecule has 1 N–H and O–H groups in total. The average molecular weight is 328 g/mol. The number of halogens is 1. The summed E-state index contributed by atoms with van der Waals surface area (Å²) in [5.41, 5.74) is 3.49. The van der Waals surface area contributed by atoms with Gasteiger partial charge in [-0.15, -0.1) is 0 Å². The van der Waals surface area contributed by atoms with Crippen LogP contribution in [0.15, 0.2) is 46.9 Å². The monoisotopic (exact) mass is 327 g/mol. The predicted octanol–water partition coefficient (Wildman–Crippen LogP) is 4.26. The quantitative estimate of drug-likeness (QED) is 0.670. The summed E-state index contributed by atoms with van der Waals surface area (Å²) >= 11 is 3.47. The Morgan fingerprint density at radius 1 is 1.15 bits per heavy atom. The number of hydrogen-bond acceptors (Lipinski definition) is 3. The van der Waals surface area contributed by atoms with Crippen molar-refractivity contribution >= 4 is 26.8 Å². The van der Waals surface area contributed by atoms with Gasteiger partial charge in [-0.3, -0.25) is 0 Å². The first-order valence-corrected chi connectivity index (χ1v) is 7.06. The highest BCUT2D eigenvalue weighted by molar-refractivity contribution is 9.10. The molecule has 2 aromatic carbocycles. The average Bonchev–Trinajstić information content (AvgIpc) is 2.46. The van der Waals surface area contributed by atoms with Crippen molar-refractivity contribution in [2.24, 2.45) is 0 Å². The minimum atomic E-state index is 0.202. The molecule has 3 nitrogen and oxygen atoms in total. The Morgan fingerprint density at radius 3 is 2.95 bits per heavy atom.